The molecule has 0 bridgehead atoms. The van der Waals surface area contributed by atoms with Crippen LogP contribution in [0.2, 0.25) is 0 Å². The van der Waals surface area contributed by atoms with Gasteiger partial charge in [-0.1, -0.05) is 96.1 Å². The van der Waals surface area contributed by atoms with Crippen LogP contribution in [0.25, 0.3) is 0 Å². The highest BCUT2D eigenvalue weighted by Gasteiger charge is 2.35. The van der Waals surface area contributed by atoms with Gasteiger partial charge in [-0.25, -0.2) is 0 Å². The van der Waals surface area contributed by atoms with Crippen molar-refractivity contribution < 1.29 is 14.7 Å². The Morgan fingerprint density at radius 3 is 1.52 bits per heavy atom. The van der Waals surface area contributed by atoms with Crippen LogP contribution in [0.15, 0.2) is 12.2 Å². The Labute approximate surface area is 179 Å². The predicted octanol–water partition coefficient (Wildman–Crippen LogP) is 6.39. The lowest BCUT2D eigenvalue weighted by atomic mass is 9.95. The first-order chi connectivity index (χ1) is 13.9. The fourth-order valence-electron chi connectivity index (χ4n) is 3.44. The molecule has 4 nitrogen and oxygen atoms in total. The Morgan fingerprint density at radius 2 is 1.10 bits per heavy atom. The number of primary amides is 1. The van der Waals surface area contributed by atoms with E-state index in [2.05, 4.69) is 19.1 Å². The number of carbonyl (C=O) groups is 2. The van der Waals surface area contributed by atoms with Crippen LogP contribution >= 0.6 is 0 Å². The maximum Gasteiger partial charge on any atom is 0.256 e. The molecule has 1 amide bonds. The van der Waals surface area contributed by atoms with Crippen LogP contribution in [0.1, 0.15) is 129 Å². The number of ketones is 1. The standard InChI is InChI=1S/C25H47NO3/c1-3-4-5-6-7-8-9-10-11-12-13-14-15-16-17-18-19-20-21-22-23(27)25(2,29)24(26)28/h10-11,29H,3-9,12-22H2,1-2H3,(H2,26,28). The molecule has 0 saturated carbocycles. The molecule has 0 aromatic heterocycles. The van der Waals surface area contributed by atoms with Gasteiger partial charge in [0.05, 0.1) is 0 Å². The van der Waals surface area contributed by atoms with Crippen molar-refractivity contribution in [2.75, 3.05) is 0 Å². The van der Waals surface area contributed by atoms with Crippen LogP contribution in [0, 0.1) is 0 Å². The molecule has 0 aliphatic rings. The number of aliphatic hydroxyl groups is 1. The van der Waals surface area contributed by atoms with Gasteiger partial charge in [-0.05, 0) is 39.0 Å². The Morgan fingerprint density at radius 1 is 0.724 bits per heavy atom. The number of unbranched alkanes of at least 4 members (excludes halogenated alkanes) is 15. The second kappa shape index (κ2) is 18.8. The molecule has 0 aromatic rings. The molecule has 0 fully saturated rings. The van der Waals surface area contributed by atoms with E-state index < -0.39 is 17.3 Å². The molecule has 0 heterocycles. The van der Waals surface area contributed by atoms with Gasteiger partial charge in [0.25, 0.3) is 5.91 Å². The van der Waals surface area contributed by atoms with Crippen LogP contribution in [-0.4, -0.2) is 22.4 Å². The first kappa shape index (κ1) is 27.8. The Kier molecular flexibility index (Phi) is 18.1. The van der Waals surface area contributed by atoms with Gasteiger partial charge >= 0.3 is 0 Å². The predicted molar refractivity (Wildman–Crippen MR) is 123 cm³/mol. The summed E-state index contributed by atoms with van der Waals surface area (Å²) in [6.07, 6.45) is 26.1. The van der Waals surface area contributed by atoms with E-state index >= 15 is 0 Å². The van der Waals surface area contributed by atoms with Crippen LogP contribution in [-0.2, 0) is 9.59 Å². The number of rotatable bonds is 21. The van der Waals surface area contributed by atoms with E-state index in [-0.39, 0.29) is 6.42 Å². The van der Waals surface area contributed by atoms with Crippen molar-refractivity contribution >= 4 is 11.7 Å². The number of Topliss-reactive ketones (excluding diaryl/α,β-unsaturated/α-hetero) is 1. The smallest absolute Gasteiger partial charge is 0.256 e. The molecule has 0 aromatic carbocycles. The minimum absolute atomic E-state index is 0.225. The maximum atomic E-state index is 11.7. The first-order valence-corrected chi connectivity index (χ1v) is 12.1. The van der Waals surface area contributed by atoms with E-state index in [0.717, 1.165) is 12.8 Å². The zero-order valence-electron chi connectivity index (χ0n) is 19.2. The third-order valence-corrected chi connectivity index (χ3v) is 5.69. The molecular formula is C25H47NO3. The molecular weight excluding hydrogens is 362 g/mol. The van der Waals surface area contributed by atoms with Crippen molar-refractivity contribution in [3.05, 3.63) is 12.2 Å². The lowest BCUT2D eigenvalue weighted by molar-refractivity contribution is -0.148. The van der Waals surface area contributed by atoms with E-state index in [1.165, 1.54) is 96.8 Å². The minimum Gasteiger partial charge on any atom is -0.373 e. The van der Waals surface area contributed by atoms with Gasteiger partial charge in [0.2, 0.25) is 0 Å². The quantitative estimate of drug-likeness (QED) is 0.131. The molecule has 0 radical (unpaired) electrons. The Hall–Kier alpha value is -1.16. The van der Waals surface area contributed by atoms with Gasteiger partial charge in [0.1, 0.15) is 0 Å². The molecule has 170 valence electrons. The van der Waals surface area contributed by atoms with E-state index in [4.69, 9.17) is 5.73 Å². The van der Waals surface area contributed by atoms with E-state index in [0.29, 0.717) is 6.42 Å². The number of carbonyl (C=O) groups excluding carboxylic acids is 2. The minimum atomic E-state index is -2.01. The monoisotopic (exact) mass is 409 g/mol. The van der Waals surface area contributed by atoms with Gasteiger partial charge in [0, 0.05) is 6.42 Å². The number of nitrogens with two attached hydrogens (primary N) is 1. The van der Waals surface area contributed by atoms with E-state index in [1.807, 2.05) is 0 Å². The Balaban J connectivity index is 3.31. The fraction of sp³-hybridized carbons (Fsp3) is 0.840. The summed E-state index contributed by atoms with van der Waals surface area (Å²) in [5.41, 5.74) is 3.02. The average molecular weight is 410 g/mol. The number of hydrogen-bond donors (Lipinski definition) is 2. The molecule has 0 aliphatic heterocycles. The second-order valence-corrected chi connectivity index (χ2v) is 8.61. The SMILES string of the molecule is CCCCCCCCC=CCCCCCCCCCCCC(=O)C(C)(O)C(N)=O. The fourth-order valence-corrected chi connectivity index (χ4v) is 3.44. The molecule has 1 unspecified atom stereocenters. The van der Waals surface area contributed by atoms with Gasteiger partial charge < -0.3 is 10.8 Å². The average Bonchev–Trinajstić information content (AvgIpc) is 2.69. The zero-order chi connectivity index (χ0) is 21.8. The number of allylic oxidation sites excluding steroid dienone is 2. The molecule has 0 saturated heterocycles. The Bertz CT molecular complexity index is 443. The highest BCUT2D eigenvalue weighted by Crippen LogP contribution is 2.14. The number of hydrogen-bond acceptors (Lipinski definition) is 3. The van der Waals surface area contributed by atoms with Gasteiger partial charge in [0.15, 0.2) is 11.4 Å². The van der Waals surface area contributed by atoms with Crippen molar-refractivity contribution in [1.29, 1.82) is 0 Å². The molecule has 1 atom stereocenters. The van der Waals surface area contributed by atoms with Gasteiger partial charge in [-0.2, -0.15) is 0 Å². The maximum absolute atomic E-state index is 11.7. The molecule has 0 spiro atoms. The summed E-state index contributed by atoms with van der Waals surface area (Å²) in [5, 5.41) is 9.68. The molecule has 0 aliphatic carbocycles. The normalized spacial score (nSPS) is 13.6. The third-order valence-electron chi connectivity index (χ3n) is 5.69. The van der Waals surface area contributed by atoms with Crippen LogP contribution in [0.5, 0.6) is 0 Å². The highest BCUT2D eigenvalue weighted by atomic mass is 16.3. The summed E-state index contributed by atoms with van der Waals surface area (Å²) in [6, 6.07) is 0. The van der Waals surface area contributed by atoms with Crippen molar-refractivity contribution in [3.8, 4) is 0 Å². The van der Waals surface area contributed by atoms with Crippen LogP contribution < -0.4 is 5.73 Å². The van der Waals surface area contributed by atoms with Crippen molar-refractivity contribution in [2.45, 2.75) is 135 Å². The van der Waals surface area contributed by atoms with E-state index in [1.54, 1.807) is 0 Å². The third kappa shape index (κ3) is 16.3. The summed E-state index contributed by atoms with van der Waals surface area (Å²) in [7, 11) is 0. The first-order valence-electron chi connectivity index (χ1n) is 12.1. The van der Waals surface area contributed by atoms with Crippen LogP contribution in [0.4, 0.5) is 0 Å². The molecule has 4 heteroatoms. The largest absolute Gasteiger partial charge is 0.373 e. The van der Waals surface area contributed by atoms with Crippen molar-refractivity contribution in [1.82, 2.24) is 0 Å². The summed E-state index contributed by atoms with van der Waals surface area (Å²) < 4.78 is 0. The van der Waals surface area contributed by atoms with Crippen molar-refractivity contribution in [3.63, 3.8) is 0 Å². The number of amides is 1. The summed E-state index contributed by atoms with van der Waals surface area (Å²) in [4.78, 5) is 22.7. The lowest BCUT2D eigenvalue weighted by Crippen LogP contribution is -2.47. The van der Waals surface area contributed by atoms with E-state index in [9.17, 15) is 14.7 Å². The summed E-state index contributed by atoms with van der Waals surface area (Å²) in [5.74, 6) is -1.43. The van der Waals surface area contributed by atoms with Gasteiger partial charge in [-0.3, -0.25) is 9.59 Å². The summed E-state index contributed by atoms with van der Waals surface area (Å²) in [6.45, 7) is 3.45. The summed E-state index contributed by atoms with van der Waals surface area (Å²) >= 11 is 0. The molecule has 0 rings (SSSR count). The van der Waals surface area contributed by atoms with Gasteiger partial charge in [-0.15, -0.1) is 0 Å². The molecule has 29 heavy (non-hydrogen) atoms. The topological polar surface area (TPSA) is 80.4 Å². The highest BCUT2D eigenvalue weighted by molar-refractivity contribution is 6.07. The second-order valence-electron chi connectivity index (χ2n) is 8.61. The molecule has 3 N–H and O–H groups in total. The van der Waals surface area contributed by atoms with Crippen LogP contribution in [0.3, 0.4) is 0 Å². The lowest BCUT2D eigenvalue weighted by Gasteiger charge is -2.17. The zero-order valence-corrected chi connectivity index (χ0v) is 19.2. The van der Waals surface area contributed by atoms with Crippen molar-refractivity contribution in [2.24, 2.45) is 5.73 Å².